The second-order valence-electron chi connectivity index (χ2n) is 5.26. The monoisotopic (exact) mass is 421 g/mol. The molecule has 1 N–H and O–H groups in total. The summed E-state index contributed by atoms with van der Waals surface area (Å²) in [5, 5.41) is 1.71. The summed E-state index contributed by atoms with van der Waals surface area (Å²) in [6.07, 6.45) is 0. The first-order chi connectivity index (χ1) is 12.0. The Hall–Kier alpha value is -2.25. The third-order valence-electron chi connectivity index (χ3n) is 3.78. The Bertz CT molecular complexity index is 1030. The van der Waals surface area contributed by atoms with Gasteiger partial charge in [-0.15, -0.1) is 0 Å². The Morgan fingerprint density at radius 1 is 0.920 bits per heavy atom. The van der Waals surface area contributed by atoms with Crippen molar-refractivity contribution in [1.29, 1.82) is 0 Å². The smallest absolute Gasteiger partial charge is 0.265 e. The molecule has 0 spiro atoms. The lowest BCUT2D eigenvalue weighted by Gasteiger charge is -2.14. The molecule has 0 aliphatic carbocycles. The largest absolute Gasteiger partial charge is 0.497 e. The van der Waals surface area contributed by atoms with Crippen LogP contribution in [0.25, 0.3) is 10.8 Å². The number of hydrogen-bond donors (Lipinski definition) is 1. The molecule has 0 atom stereocenters. The topological polar surface area (TPSA) is 64.6 Å². The van der Waals surface area contributed by atoms with Crippen LogP contribution in [0.2, 0.25) is 0 Å². The first-order valence-electron chi connectivity index (χ1n) is 7.38. The molecule has 0 heterocycles. The summed E-state index contributed by atoms with van der Waals surface area (Å²) in [5.41, 5.74) is 0.490. The molecule has 3 aromatic carbocycles. The number of anilines is 1. The molecule has 0 aliphatic heterocycles. The summed E-state index contributed by atoms with van der Waals surface area (Å²) in [6, 6.07) is 15.7. The second-order valence-corrected chi connectivity index (χ2v) is 7.77. The van der Waals surface area contributed by atoms with Gasteiger partial charge in [0.1, 0.15) is 16.4 Å². The van der Waals surface area contributed by atoms with E-state index in [2.05, 4.69) is 20.7 Å². The van der Waals surface area contributed by atoms with Crippen molar-refractivity contribution in [2.75, 3.05) is 18.9 Å². The van der Waals surface area contributed by atoms with Crippen molar-refractivity contribution < 1.29 is 17.9 Å². The van der Waals surface area contributed by atoms with E-state index in [0.29, 0.717) is 11.4 Å². The van der Waals surface area contributed by atoms with Crippen molar-refractivity contribution >= 4 is 42.4 Å². The molecule has 5 nitrogen and oxygen atoms in total. The molecule has 0 amide bonds. The first kappa shape index (κ1) is 17.6. The molecule has 0 unspecified atom stereocenters. The predicted molar refractivity (Wildman–Crippen MR) is 102 cm³/mol. The quantitative estimate of drug-likeness (QED) is 0.661. The lowest BCUT2D eigenvalue weighted by Crippen LogP contribution is -2.14. The minimum absolute atomic E-state index is 0.0151. The molecule has 0 aromatic heterocycles. The Morgan fingerprint density at radius 2 is 1.64 bits per heavy atom. The van der Waals surface area contributed by atoms with Crippen LogP contribution in [0.5, 0.6) is 11.5 Å². The van der Waals surface area contributed by atoms with E-state index in [1.807, 2.05) is 30.3 Å². The van der Waals surface area contributed by atoms with Gasteiger partial charge in [-0.1, -0.05) is 40.2 Å². The minimum Gasteiger partial charge on any atom is -0.497 e. The van der Waals surface area contributed by atoms with Crippen LogP contribution in [-0.4, -0.2) is 22.6 Å². The molecule has 130 valence electrons. The van der Waals surface area contributed by atoms with E-state index in [1.165, 1.54) is 20.3 Å². The van der Waals surface area contributed by atoms with Crippen molar-refractivity contribution in [3.63, 3.8) is 0 Å². The highest BCUT2D eigenvalue weighted by atomic mass is 79.9. The van der Waals surface area contributed by atoms with E-state index >= 15 is 0 Å². The highest BCUT2D eigenvalue weighted by Gasteiger charge is 2.21. The van der Waals surface area contributed by atoms with Gasteiger partial charge in [-0.05, 0) is 29.7 Å². The van der Waals surface area contributed by atoms with Gasteiger partial charge in [0.2, 0.25) is 0 Å². The van der Waals surface area contributed by atoms with Gasteiger partial charge in [0.25, 0.3) is 10.0 Å². The lowest BCUT2D eigenvalue weighted by atomic mass is 10.1. The second kappa shape index (κ2) is 6.93. The number of benzene rings is 3. The van der Waals surface area contributed by atoms with E-state index in [9.17, 15) is 8.42 Å². The summed E-state index contributed by atoms with van der Waals surface area (Å²) in [7, 11) is -0.957. The zero-order valence-electron chi connectivity index (χ0n) is 13.6. The zero-order chi connectivity index (χ0) is 18.0. The average molecular weight is 422 g/mol. The van der Waals surface area contributed by atoms with Gasteiger partial charge >= 0.3 is 0 Å². The van der Waals surface area contributed by atoms with E-state index in [-0.39, 0.29) is 10.6 Å². The summed E-state index contributed by atoms with van der Waals surface area (Å²) < 4.78 is 39.7. The molecule has 3 rings (SSSR count). The van der Waals surface area contributed by atoms with Crippen molar-refractivity contribution in [3.8, 4) is 11.5 Å². The van der Waals surface area contributed by atoms with Crippen LogP contribution in [-0.2, 0) is 10.0 Å². The lowest BCUT2D eigenvalue weighted by molar-refractivity contribution is 0.392. The van der Waals surface area contributed by atoms with E-state index in [0.717, 1.165) is 15.2 Å². The van der Waals surface area contributed by atoms with E-state index in [4.69, 9.17) is 9.47 Å². The fraction of sp³-hybridized carbons (Fsp3) is 0.111. The number of rotatable bonds is 5. The SMILES string of the molecule is COc1ccc(OC)c(S(=O)(=O)Nc2ccc(Br)c3ccccc23)c1. The molecule has 25 heavy (non-hydrogen) atoms. The van der Waals surface area contributed by atoms with Crippen LogP contribution in [0, 0.1) is 0 Å². The van der Waals surface area contributed by atoms with Gasteiger partial charge in [0.05, 0.1) is 19.9 Å². The third kappa shape index (κ3) is 3.43. The number of ether oxygens (including phenoxy) is 2. The Morgan fingerprint density at radius 3 is 2.32 bits per heavy atom. The van der Waals surface area contributed by atoms with Gasteiger partial charge in [0.15, 0.2) is 0 Å². The molecule has 7 heteroatoms. The molecule has 0 aliphatic rings. The molecule has 0 radical (unpaired) electrons. The highest BCUT2D eigenvalue weighted by Crippen LogP contribution is 2.34. The Labute approximate surface area is 154 Å². The minimum atomic E-state index is -3.86. The van der Waals surface area contributed by atoms with Crippen molar-refractivity contribution in [1.82, 2.24) is 0 Å². The van der Waals surface area contributed by atoms with E-state index < -0.39 is 10.0 Å². The van der Waals surface area contributed by atoms with Crippen LogP contribution in [0.15, 0.2) is 64.0 Å². The number of methoxy groups -OCH3 is 2. The van der Waals surface area contributed by atoms with Crippen LogP contribution in [0.1, 0.15) is 0 Å². The van der Waals surface area contributed by atoms with Crippen LogP contribution in [0.3, 0.4) is 0 Å². The molecule has 0 bridgehead atoms. The van der Waals surface area contributed by atoms with E-state index in [1.54, 1.807) is 18.2 Å². The number of halogens is 1. The molecule has 0 saturated carbocycles. The predicted octanol–water partition coefficient (Wildman–Crippen LogP) is 4.42. The number of sulfonamides is 1. The molecule has 0 saturated heterocycles. The average Bonchev–Trinajstić information content (AvgIpc) is 2.63. The van der Waals surface area contributed by atoms with Crippen molar-refractivity contribution in [2.24, 2.45) is 0 Å². The summed E-state index contributed by atoms with van der Waals surface area (Å²) in [6.45, 7) is 0. The van der Waals surface area contributed by atoms with Gasteiger partial charge < -0.3 is 9.47 Å². The molecule has 3 aromatic rings. The van der Waals surface area contributed by atoms with Gasteiger partial charge in [-0.3, -0.25) is 4.72 Å². The Balaban J connectivity index is 2.11. The zero-order valence-corrected chi connectivity index (χ0v) is 16.0. The molecular formula is C18H16BrNO4S. The number of nitrogens with one attached hydrogen (secondary N) is 1. The maximum absolute atomic E-state index is 12.9. The number of hydrogen-bond acceptors (Lipinski definition) is 4. The summed E-state index contributed by atoms with van der Waals surface area (Å²) >= 11 is 3.48. The maximum atomic E-state index is 12.9. The maximum Gasteiger partial charge on any atom is 0.265 e. The van der Waals surface area contributed by atoms with Crippen LogP contribution in [0.4, 0.5) is 5.69 Å². The van der Waals surface area contributed by atoms with Crippen molar-refractivity contribution in [3.05, 3.63) is 59.1 Å². The third-order valence-corrected chi connectivity index (χ3v) is 5.85. The standard InChI is InChI=1S/C18H16BrNO4S/c1-23-12-7-10-17(24-2)18(11-12)25(21,22)20-16-9-8-15(19)13-5-3-4-6-14(13)16/h3-11,20H,1-2H3. The Kier molecular flexibility index (Phi) is 4.87. The summed E-state index contributed by atoms with van der Waals surface area (Å²) in [5.74, 6) is 0.677. The van der Waals surface area contributed by atoms with Gasteiger partial charge in [-0.25, -0.2) is 8.42 Å². The van der Waals surface area contributed by atoms with Gasteiger partial charge in [-0.2, -0.15) is 0 Å². The fourth-order valence-corrected chi connectivity index (χ4v) is 4.29. The normalized spacial score (nSPS) is 11.3. The van der Waals surface area contributed by atoms with Crippen molar-refractivity contribution in [2.45, 2.75) is 4.90 Å². The van der Waals surface area contributed by atoms with Crippen LogP contribution < -0.4 is 14.2 Å². The highest BCUT2D eigenvalue weighted by molar-refractivity contribution is 9.10. The molecular weight excluding hydrogens is 406 g/mol. The van der Waals surface area contributed by atoms with Crippen LogP contribution >= 0.6 is 15.9 Å². The van der Waals surface area contributed by atoms with Gasteiger partial charge in [0, 0.05) is 15.9 Å². The number of fused-ring (bicyclic) bond motifs is 1. The molecule has 0 fully saturated rings. The first-order valence-corrected chi connectivity index (χ1v) is 9.66. The summed E-state index contributed by atoms with van der Waals surface area (Å²) in [4.78, 5) is 0.0151. The fourth-order valence-electron chi connectivity index (χ4n) is 2.55.